The average Bonchev–Trinajstić information content (AvgIpc) is 3.11. The van der Waals surface area contributed by atoms with Gasteiger partial charge in [0, 0.05) is 56.7 Å². The van der Waals surface area contributed by atoms with Crippen LogP contribution in [-0.2, 0) is 16.0 Å². The Labute approximate surface area is 188 Å². The molecule has 1 aromatic rings. The Kier molecular flexibility index (Phi) is 7.38. The molecule has 2 heterocycles. The van der Waals surface area contributed by atoms with E-state index in [1.54, 1.807) is 0 Å². The van der Waals surface area contributed by atoms with Gasteiger partial charge in [0.25, 0.3) is 0 Å². The van der Waals surface area contributed by atoms with E-state index in [4.69, 9.17) is 4.74 Å². The van der Waals surface area contributed by atoms with Crippen molar-refractivity contribution >= 4 is 5.78 Å². The zero-order valence-electron chi connectivity index (χ0n) is 18.6. The van der Waals surface area contributed by atoms with E-state index in [2.05, 4.69) is 16.8 Å². The van der Waals surface area contributed by atoms with E-state index >= 15 is 0 Å². The van der Waals surface area contributed by atoms with Crippen molar-refractivity contribution < 1.29 is 23.4 Å². The molecule has 0 amide bonds. The molecule has 32 heavy (non-hydrogen) atoms. The molecule has 1 saturated carbocycles. The standard InChI is InChI=1S/C25H32F2N2O3/c1-28-10-12-29(13-11-28)16-17-5-2-3-6-18(24(17)31)19(25-23(30)9-14-32-25)15-20-21(26)7-4-8-22(20)27/h4,7-9,14,17,24-25,31H,2-3,5-6,10-13,15-16H2,1H3. The van der Waals surface area contributed by atoms with Gasteiger partial charge < -0.3 is 19.6 Å². The first-order valence-electron chi connectivity index (χ1n) is 11.5. The normalized spacial score (nSPS) is 29.1. The van der Waals surface area contributed by atoms with Crippen molar-refractivity contribution in [1.29, 1.82) is 0 Å². The number of benzene rings is 1. The predicted octanol–water partition coefficient (Wildman–Crippen LogP) is 3.08. The molecule has 0 bridgehead atoms. The zero-order valence-corrected chi connectivity index (χ0v) is 18.6. The molecule has 3 aliphatic rings. The van der Waals surface area contributed by atoms with Gasteiger partial charge in [-0.3, -0.25) is 4.79 Å². The highest BCUT2D eigenvalue weighted by Gasteiger charge is 2.35. The van der Waals surface area contributed by atoms with E-state index in [1.807, 2.05) is 0 Å². The van der Waals surface area contributed by atoms with E-state index in [0.29, 0.717) is 17.6 Å². The monoisotopic (exact) mass is 446 g/mol. The first-order chi connectivity index (χ1) is 15.4. The Morgan fingerprint density at radius 2 is 1.88 bits per heavy atom. The van der Waals surface area contributed by atoms with Crippen molar-refractivity contribution in [3.8, 4) is 0 Å². The van der Waals surface area contributed by atoms with Gasteiger partial charge in [0.2, 0.25) is 5.78 Å². The van der Waals surface area contributed by atoms with Crippen molar-refractivity contribution in [2.75, 3.05) is 39.8 Å². The van der Waals surface area contributed by atoms with Crippen LogP contribution in [0.1, 0.15) is 31.2 Å². The van der Waals surface area contributed by atoms with Crippen molar-refractivity contribution in [3.63, 3.8) is 0 Å². The number of aliphatic hydroxyl groups excluding tert-OH is 1. The van der Waals surface area contributed by atoms with Crippen molar-refractivity contribution in [2.24, 2.45) is 5.92 Å². The van der Waals surface area contributed by atoms with Crippen LogP contribution in [0.4, 0.5) is 8.78 Å². The van der Waals surface area contributed by atoms with E-state index in [1.165, 1.54) is 30.5 Å². The lowest BCUT2D eigenvalue weighted by Crippen LogP contribution is -2.47. The van der Waals surface area contributed by atoms with Gasteiger partial charge in [0.15, 0.2) is 6.10 Å². The molecular weight excluding hydrogens is 414 g/mol. The number of likely N-dealkylation sites (N-methyl/N-ethyl adjacent to an activating group) is 1. The lowest BCUT2D eigenvalue weighted by molar-refractivity contribution is -0.118. The number of ketones is 1. The zero-order chi connectivity index (χ0) is 22.7. The largest absolute Gasteiger partial charge is 0.485 e. The Hall–Kier alpha value is -2.09. The van der Waals surface area contributed by atoms with Crippen molar-refractivity contribution in [3.05, 3.63) is 58.9 Å². The molecule has 2 fully saturated rings. The molecule has 7 heteroatoms. The third kappa shape index (κ3) is 5.11. The quantitative estimate of drug-likeness (QED) is 0.557. The van der Waals surface area contributed by atoms with Gasteiger partial charge in [-0.15, -0.1) is 0 Å². The molecule has 3 unspecified atom stereocenters. The Morgan fingerprint density at radius 3 is 2.53 bits per heavy atom. The number of hydrogen-bond donors (Lipinski definition) is 1. The second-order valence-electron chi connectivity index (χ2n) is 9.20. The van der Waals surface area contributed by atoms with Crippen LogP contribution in [0.15, 0.2) is 41.7 Å². The Bertz CT molecular complexity index is 873. The summed E-state index contributed by atoms with van der Waals surface area (Å²) >= 11 is 0. The van der Waals surface area contributed by atoms with E-state index in [0.717, 1.165) is 52.0 Å². The minimum absolute atomic E-state index is 0.0147. The smallest absolute Gasteiger partial charge is 0.203 e. The number of piperazine rings is 1. The number of nitrogens with zero attached hydrogens (tertiary/aromatic N) is 2. The van der Waals surface area contributed by atoms with Crippen LogP contribution >= 0.6 is 0 Å². The van der Waals surface area contributed by atoms with E-state index < -0.39 is 23.8 Å². The number of rotatable bonds is 5. The Balaban J connectivity index is 1.65. The second kappa shape index (κ2) is 10.2. The molecule has 0 radical (unpaired) electrons. The molecule has 1 N–H and O–H groups in total. The van der Waals surface area contributed by atoms with Crippen LogP contribution in [-0.4, -0.2) is 72.7 Å². The SMILES string of the molecule is CN1CCN(CC2CCCCC(=C(Cc3c(F)cccc3F)C3OC=CC3=O)C2O)CC1. The lowest BCUT2D eigenvalue weighted by atomic mass is 9.85. The predicted molar refractivity (Wildman–Crippen MR) is 118 cm³/mol. The summed E-state index contributed by atoms with van der Waals surface area (Å²) in [6, 6.07) is 3.76. The molecule has 1 saturated heterocycles. The summed E-state index contributed by atoms with van der Waals surface area (Å²) in [7, 11) is 2.11. The van der Waals surface area contributed by atoms with Gasteiger partial charge in [0.05, 0.1) is 12.4 Å². The summed E-state index contributed by atoms with van der Waals surface area (Å²) in [6.45, 7) is 4.69. The summed E-state index contributed by atoms with van der Waals surface area (Å²) in [5.41, 5.74) is 1.12. The number of carbonyl (C=O) groups excluding carboxylic acids is 1. The third-order valence-electron chi connectivity index (χ3n) is 7.03. The molecule has 3 atom stereocenters. The molecule has 2 aliphatic heterocycles. The number of halogens is 2. The van der Waals surface area contributed by atoms with Crippen LogP contribution in [0.2, 0.25) is 0 Å². The van der Waals surface area contributed by atoms with Crippen LogP contribution in [0.3, 0.4) is 0 Å². The highest BCUT2D eigenvalue weighted by molar-refractivity contribution is 5.97. The van der Waals surface area contributed by atoms with Crippen LogP contribution in [0.5, 0.6) is 0 Å². The van der Waals surface area contributed by atoms with Crippen LogP contribution in [0.25, 0.3) is 0 Å². The molecule has 0 spiro atoms. The summed E-state index contributed by atoms with van der Waals surface area (Å²) in [6.07, 6.45) is 4.20. The first kappa shape index (κ1) is 23.1. The average molecular weight is 447 g/mol. The van der Waals surface area contributed by atoms with Gasteiger partial charge in [-0.05, 0) is 49.6 Å². The van der Waals surface area contributed by atoms with Gasteiger partial charge >= 0.3 is 0 Å². The fourth-order valence-corrected chi connectivity index (χ4v) is 5.08. The van der Waals surface area contributed by atoms with E-state index in [-0.39, 0.29) is 23.7 Å². The number of hydrogen-bond acceptors (Lipinski definition) is 5. The van der Waals surface area contributed by atoms with Crippen LogP contribution in [0, 0.1) is 17.6 Å². The number of carbonyl (C=O) groups is 1. The summed E-state index contributed by atoms with van der Waals surface area (Å²) in [4.78, 5) is 17.2. The number of aliphatic hydroxyl groups is 1. The maximum atomic E-state index is 14.5. The lowest BCUT2D eigenvalue weighted by Gasteiger charge is -2.36. The van der Waals surface area contributed by atoms with Crippen molar-refractivity contribution in [1.82, 2.24) is 9.80 Å². The van der Waals surface area contributed by atoms with Crippen LogP contribution < -0.4 is 0 Å². The highest BCUT2D eigenvalue weighted by atomic mass is 19.1. The first-order valence-corrected chi connectivity index (χ1v) is 11.5. The van der Waals surface area contributed by atoms with Gasteiger partial charge in [0.1, 0.15) is 11.6 Å². The summed E-state index contributed by atoms with van der Waals surface area (Å²) in [5.74, 6) is -1.55. The minimum atomic E-state index is -0.930. The number of ether oxygens (including phenoxy) is 1. The summed E-state index contributed by atoms with van der Waals surface area (Å²) < 4.78 is 34.5. The molecule has 174 valence electrons. The van der Waals surface area contributed by atoms with Gasteiger partial charge in [-0.2, -0.15) is 0 Å². The maximum absolute atomic E-state index is 14.5. The maximum Gasteiger partial charge on any atom is 0.203 e. The molecular formula is C25H32F2N2O3. The molecule has 1 aromatic carbocycles. The molecule has 0 aromatic heterocycles. The fraction of sp³-hybridized carbons (Fsp3) is 0.560. The molecule has 1 aliphatic carbocycles. The van der Waals surface area contributed by atoms with Crippen molar-refractivity contribution in [2.45, 2.75) is 44.3 Å². The minimum Gasteiger partial charge on any atom is -0.485 e. The second-order valence-corrected chi connectivity index (χ2v) is 9.20. The highest BCUT2D eigenvalue weighted by Crippen LogP contribution is 2.35. The van der Waals surface area contributed by atoms with Gasteiger partial charge in [-0.25, -0.2) is 8.78 Å². The van der Waals surface area contributed by atoms with E-state index in [9.17, 15) is 18.7 Å². The Morgan fingerprint density at radius 1 is 1.16 bits per heavy atom. The molecule has 5 nitrogen and oxygen atoms in total. The van der Waals surface area contributed by atoms with Gasteiger partial charge in [-0.1, -0.05) is 12.5 Å². The fourth-order valence-electron chi connectivity index (χ4n) is 5.08. The topological polar surface area (TPSA) is 53.0 Å². The third-order valence-corrected chi connectivity index (χ3v) is 7.03. The summed E-state index contributed by atoms with van der Waals surface area (Å²) in [5, 5.41) is 11.5. The molecule has 4 rings (SSSR count).